The van der Waals surface area contributed by atoms with Gasteiger partial charge in [0.05, 0.1) is 19.9 Å². The Morgan fingerprint density at radius 2 is 1.91 bits per heavy atom. The van der Waals surface area contributed by atoms with Gasteiger partial charge in [-0.3, -0.25) is 9.58 Å². The van der Waals surface area contributed by atoms with Crippen LogP contribution in [0.5, 0.6) is 11.5 Å². The molecule has 1 aromatic heterocycles. The zero-order valence-electron chi connectivity index (χ0n) is 20.4. The van der Waals surface area contributed by atoms with E-state index in [1.165, 1.54) is 57.4 Å². The summed E-state index contributed by atoms with van der Waals surface area (Å²) in [5.41, 5.74) is 2.61. The molecule has 1 N–H and O–H groups in total. The van der Waals surface area contributed by atoms with E-state index < -0.39 is 10.0 Å². The Morgan fingerprint density at radius 1 is 1.12 bits per heavy atom. The highest BCUT2D eigenvalue weighted by molar-refractivity contribution is 7.89. The van der Waals surface area contributed by atoms with Crippen LogP contribution in [0.15, 0.2) is 29.2 Å². The summed E-state index contributed by atoms with van der Waals surface area (Å²) < 4.78 is 41.7. The molecule has 4 fully saturated rings. The third-order valence-electron chi connectivity index (χ3n) is 8.14. The van der Waals surface area contributed by atoms with Crippen molar-refractivity contribution in [3.63, 3.8) is 0 Å². The lowest BCUT2D eigenvalue weighted by atomic mass is 9.74. The van der Waals surface area contributed by atoms with E-state index in [1.807, 2.05) is 0 Å². The number of piperidine rings is 3. The molecule has 4 atom stereocenters. The molecule has 0 spiro atoms. The Morgan fingerprint density at radius 3 is 2.59 bits per heavy atom. The summed E-state index contributed by atoms with van der Waals surface area (Å²) >= 11 is 0. The van der Waals surface area contributed by atoms with Gasteiger partial charge in [-0.2, -0.15) is 5.10 Å². The Labute approximate surface area is 202 Å². The number of ether oxygens (including phenoxy) is 2. The summed E-state index contributed by atoms with van der Waals surface area (Å²) in [6.07, 6.45) is 7.30. The Balaban J connectivity index is 1.26. The van der Waals surface area contributed by atoms with Gasteiger partial charge in [-0.05, 0) is 56.3 Å². The van der Waals surface area contributed by atoms with Crippen LogP contribution in [0.3, 0.4) is 0 Å². The molecule has 4 unspecified atom stereocenters. The van der Waals surface area contributed by atoms with Crippen molar-refractivity contribution in [3.05, 3.63) is 35.7 Å². The molecule has 0 amide bonds. The summed E-state index contributed by atoms with van der Waals surface area (Å²) in [6, 6.07) is 7.38. The Bertz CT molecular complexity index is 1130. The fraction of sp³-hybridized carbons (Fsp3) is 0.640. The first-order valence-electron chi connectivity index (χ1n) is 12.4. The number of methoxy groups -OCH3 is 2. The second kappa shape index (κ2) is 9.51. The van der Waals surface area contributed by atoms with Crippen LogP contribution in [0.2, 0.25) is 0 Å². The van der Waals surface area contributed by atoms with E-state index >= 15 is 0 Å². The molecular formula is C25H36N4O4S. The Hall–Kier alpha value is -2.10. The molecule has 1 saturated carbocycles. The second-order valence-corrected chi connectivity index (χ2v) is 11.7. The lowest BCUT2D eigenvalue weighted by molar-refractivity contribution is 0.0306. The molecule has 4 aliphatic rings. The zero-order chi connectivity index (χ0) is 23.9. The highest BCUT2D eigenvalue weighted by atomic mass is 32.2. The number of rotatable bonds is 8. The minimum absolute atomic E-state index is 0.109. The normalized spacial score (nSPS) is 27.3. The summed E-state index contributed by atoms with van der Waals surface area (Å²) in [4.78, 5) is 2.57. The molecule has 3 saturated heterocycles. The average molecular weight is 489 g/mol. The van der Waals surface area contributed by atoms with E-state index in [9.17, 15) is 8.42 Å². The molecule has 2 aromatic rings. The van der Waals surface area contributed by atoms with Gasteiger partial charge in [-0.25, -0.2) is 13.1 Å². The van der Waals surface area contributed by atoms with Crippen molar-refractivity contribution in [3.8, 4) is 11.5 Å². The number of fused-ring (bicyclic) bond motifs is 3. The molecule has 9 heteroatoms. The third-order valence-corrected chi connectivity index (χ3v) is 9.58. The molecule has 8 nitrogen and oxygen atoms in total. The van der Waals surface area contributed by atoms with Crippen LogP contribution in [-0.2, 0) is 17.1 Å². The topological polar surface area (TPSA) is 85.7 Å². The molecule has 34 heavy (non-hydrogen) atoms. The fourth-order valence-electron chi connectivity index (χ4n) is 6.24. The van der Waals surface area contributed by atoms with Gasteiger partial charge >= 0.3 is 0 Å². The molecule has 1 aromatic carbocycles. The van der Waals surface area contributed by atoms with Crippen LogP contribution in [0.1, 0.15) is 61.7 Å². The lowest BCUT2D eigenvalue weighted by Crippen LogP contribution is -2.56. The number of nitrogens with zero attached hydrogens (tertiary/aromatic N) is 3. The van der Waals surface area contributed by atoms with E-state index in [-0.39, 0.29) is 10.9 Å². The summed E-state index contributed by atoms with van der Waals surface area (Å²) in [6.45, 7) is 2.37. The van der Waals surface area contributed by atoms with Crippen molar-refractivity contribution in [2.75, 3.05) is 33.9 Å². The lowest BCUT2D eigenvalue weighted by Gasteiger charge is -2.50. The largest absolute Gasteiger partial charge is 0.497 e. The van der Waals surface area contributed by atoms with Gasteiger partial charge in [-0.1, -0.05) is 12.8 Å². The van der Waals surface area contributed by atoms with Gasteiger partial charge < -0.3 is 9.47 Å². The van der Waals surface area contributed by atoms with Crippen molar-refractivity contribution >= 4 is 10.0 Å². The van der Waals surface area contributed by atoms with Crippen LogP contribution < -0.4 is 14.2 Å². The summed E-state index contributed by atoms with van der Waals surface area (Å²) in [5, 5.41) is 4.89. The van der Waals surface area contributed by atoms with Crippen molar-refractivity contribution in [1.82, 2.24) is 19.4 Å². The van der Waals surface area contributed by atoms with Crippen molar-refractivity contribution < 1.29 is 17.9 Å². The smallest absolute Gasteiger partial charge is 0.244 e. The molecule has 6 rings (SSSR count). The first-order chi connectivity index (χ1) is 16.4. The number of hydrogen-bond acceptors (Lipinski definition) is 6. The predicted molar refractivity (Wildman–Crippen MR) is 130 cm³/mol. The van der Waals surface area contributed by atoms with E-state index in [2.05, 4.69) is 27.4 Å². The predicted octanol–water partition coefficient (Wildman–Crippen LogP) is 3.25. The summed E-state index contributed by atoms with van der Waals surface area (Å²) in [7, 11) is 1.35. The van der Waals surface area contributed by atoms with Gasteiger partial charge in [0.25, 0.3) is 0 Å². The summed E-state index contributed by atoms with van der Waals surface area (Å²) in [5.74, 6) is 2.44. The van der Waals surface area contributed by atoms with Crippen LogP contribution >= 0.6 is 0 Å². The van der Waals surface area contributed by atoms with Crippen molar-refractivity contribution in [1.29, 1.82) is 0 Å². The van der Waals surface area contributed by atoms with Crippen LogP contribution in [0, 0.1) is 5.92 Å². The van der Waals surface area contributed by atoms with Gasteiger partial charge in [0.1, 0.15) is 16.4 Å². The molecule has 2 bridgehead atoms. The fourth-order valence-corrected chi connectivity index (χ4v) is 7.49. The standard InChI is InChI=1S/C25H36N4O4S/c1-28-23(14-22(27-28)17-6-4-5-7-17)21-16-29-11-10-18(21)12-19(29)15-26-34(30,31)25-13-20(32-2)8-9-24(25)33-3/h8-9,13-14,17-19,21,26H,4-7,10-12,15-16H2,1-3H3. The van der Waals surface area contributed by atoms with E-state index in [1.54, 1.807) is 12.1 Å². The number of aryl methyl sites for hydroxylation is 1. The first-order valence-corrected chi connectivity index (χ1v) is 13.9. The van der Waals surface area contributed by atoms with Gasteiger partial charge in [0, 0.05) is 49.8 Å². The van der Waals surface area contributed by atoms with Crippen molar-refractivity contribution in [2.24, 2.45) is 13.0 Å². The van der Waals surface area contributed by atoms with Gasteiger partial charge in [-0.15, -0.1) is 0 Å². The maximum atomic E-state index is 13.1. The number of nitrogens with one attached hydrogen (secondary N) is 1. The maximum Gasteiger partial charge on any atom is 0.244 e. The van der Waals surface area contributed by atoms with Crippen LogP contribution in [0.25, 0.3) is 0 Å². The number of benzene rings is 1. The highest BCUT2D eigenvalue weighted by Gasteiger charge is 2.42. The van der Waals surface area contributed by atoms with Crippen LogP contribution in [0.4, 0.5) is 0 Å². The van der Waals surface area contributed by atoms with E-state index in [0.29, 0.717) is 35.8 Å². The molecule has 186 valence electrons. The number of aromatic nitrogens is 2. The van der Waals surface area contributed by atoms with Gasteiger partial charge in [0.15, 0.2) is 0 Å². The molecule has 3 aliphatic heterocycles. The second-order valence-electron chi connectivity index (χ2n) is 10.0. The molecular weight excluding hydrogens is 452 g/mol. The third kappa shape index (κ3) is 4.45. The minimum Gasteiger partial charge on any atom is -0.497 e. The number of hydrogen-bond donors (Lipinski definition) is 1. The van der Waals surface area contributed by atoms with E-state index in [0.717, 1.165) is 25.9 Å². The monoisotopic (exact) mass is 488 g/mol. The molecule has 4 heterocycles. The zero-order valence-corrected chi connectivity index (χ0v) is 21.2. The van der Waals surface area contributed by atoms with Gasteiger partial charge in [0.2, 0.25) is 10.0 Å². The van der Waals surface area contributed by atoms with Crippen molar-refractivity contribution in [2.45, 2.75) is 61.3 Å². The molecule has 1 aliphatic carbocycles. The number of sulfonamides is 1. The van der Waals surface area contributed by atoms with E-state index in [4.69, 9.17) is 14.6 Å². The maximum absolute atomic E-state index is 13.1. The first kappa shape index (κ1) is 23.6. The minimum atomic E-state index is -3.73. The average Bonchev–Trinajstić information content (AvgIpc) is 3.52. The van der Waals surface area contributed by atoms with Crippen LogP contribution in [-0.4, -0.2) is 63.0 Å². The highest BCUT2D eigenvalue weighted by Crippen LogP contribution is 2.43. The molecule has 0 radical (unpaired) electrons. The quantitative estimate of drug-likeness (QED) is 0.614. The Kier molecular flexibility index (Phi) is 6.61. The SMILES string of the molecule is COc1ccc(OC)c(S(=O)(=O)NCC2CC3CCN2CC3c2cc(C3CCCC3)nn2C)c1.